The number of nitrogens with one attached hydrogen (secondary N) is 2. The number of urea groups is 1. The molecule has 0 saturated heterocycles. The molecule has 4 rings (SSSR count). The molecular formula is C27H39N5O5Si. The van der Waals surface area contributed by atoms with E-state index >= 15 is 0 Å². The van der Waals surface area contributed by atoms with Crippen LogP contribution in [-0.4, -0.2) is 59.1 Å². The molecule has 1 saturated carbocycles. The van der Waals surface area contributed by atoms with Gasteiger partial charge in [-0.1, -0.05) is 56.4 Å². The number of aliphatic hydroxyl groups is 1. The molecule has 0 spiro atoms. The number of benzene rings is 1. The summed E-state index contributed by atoms with van der Waals surface area (Å²) in [6.45, 7) is 12.0. The predicted molar refractivity (Wildman–Crippen MR) is 147 cm³/mol. The zero-order valence-corrected chi connectivity index (χ0v) is 24.1. The largest absolute Gasteiger partial charge is 0.448 e. The van der Waals surface area contributed by atoms with Crippen molar-refractivity contribution in [1.29, 1.82) is 0 Å². The molecule has 2 aromatic rings. The lowest BCUT2D eigenvalue weighted by atomic mass is 9.83. The van der Waals surface area contributed by atoms with E-state index in [0.29, 0.717) is 11.3 Å². The molecule has 206 valence electrons. The van der Waals surface area contributed by atoms with Gasteiger partial charge in [-0.05, 0) is 39.2 Å². The predicted octanol–water partition coefficient (Wildman–Crippen LogP) is 4.58. The number of carbonyl (C=O) groups excluding carboxylic acids is 3. The first-order valence-corrected chi connectivity index (χ1v) is 16.7. The summed E-state index contributed by atoms with van der Waals surface area (Å²) in [4.78, 5) is 41.7. The Kier molecular flexibility index (Phi) is 7.46. The van der Waals surface area contributed by atoms with Crippen LogP contribution in [0.25, 0.3) is 0 Å². The van der Waals surface area contributed by atoms with Crippen molar-refractivity contribution in [3.8, 4) is 0 Å². The second kappa shape index (κ2) is 10.2. The normalized spacial score (nSPS) is 18.2. The van der Waals surface area contributed by atoms with Gasteiger partial charge >= 0.3 is 12.1 Å². The Hall–Kier alpha value is -3.18. The second-order valence-corrected chi connectivity index (χ2v) is 17.1. The van der Waals surface area contributed by atoms with Crippen molar-refractivity contribution in [1.82, 2.24) is 20.0 Å². The zero-order chi connectivity index (χ0) is 27.9. The molecule has 1 aliphatic heterocycles. The second-order valence-electron chi connectivity index (χ2n) is 11.7. The summed E-state index contributed by atoms with van der Waals surface area (Å²) in [5, 5.41) is 20.1. The van der Waals surface area contributed by atoms with E-state index in [2.05, 4.69) is 35.4 Å². The van der Waals surface area contributed by atoms with E-state index in [1.165, 1.54) is 0 Å². The highest BCUT2D eigenvalue weighted by Gasteiger charge is 2.54. The van der Waals surface area contributed by atoms with Crippen molar-refractivity contribution >= 4 is 31.9 Å². The molecular weight excluding hydrogens is 502 g/mol. The molecule has 1 atom stereocenters. The van der Waals surface area contributed by atoms with Crippen molar-refractivity contribution in [2.75, 3.05) is 18.5 Å². The van der Waals surface area contributed by atoms with Gasteiger partial charge in [0.15, 0.2) is 0 Å². The first-order chi connectivity index (χ1) is 17.9. The molecule has 2 aliphatic rings. The molecule has 1 aliphatic carbocycles. The van der Waals surface area contributed by atoms with Crippen LogP contribution in [0.3, 0.4) is 0 Å². The first-order valence-electron chi connectivity index (χ1n) is 13.2. The topological polar surface area (TPSA) is 126 Å². The van der Waals surface area contributed by atoms with Crippen molar-refractivity contribution < 1.29 is 24.2 Å². The van der Waals surface area contributed by atoms with Crippen LogP contribution < -0.4 is 10.6 Å². The number of carbonyl (C=O) groups is 3. The molecule has 0 bridgehead atoms. The van der Waals surface area contributed by atoms with E-state index in [4.69, 9.17) is 4.74 Å². The number of hydrogen-bond donors (Lipinski definition) is 3. The monoisotopic (exact) mass is 541 g/mol. The molecule has 1 fully saturated rings. The van der Waals surface area contributed by atoms with E-state index < -0.39 is 30.8 Å². The summed E-state index contributed by atoms with van der Waals surface area (Å²) in [6, 6.07) is 8.30. The van der Waals surface area contributed by atoms with Crippen molar-refractivity contribution in [3.05, 3.63) is 47.2 Å². The third-order valence-corrected chi connectivity index (χ3v) is 11.8. The summed E-state index contributed by atoms with van der Waals surface area (Å²) in [5.41, 5.74) is 1.03. The molecule has 38 heavy (non-hydrogen) atoms. The zero-order valence-electron chi connectivity index (χ0n) is 23.1. The van der Waals surface area contributed by atoms with E-state index in [1.807, 2.05) is 44.2 Å². The molecule has 1 aromatic heterocycles. The fourth-order valence-corrected chi connectivity index (χ4v) is 8.17. The van der Waals surface area contributed by atoms with Crippen LogP contribution in [0.2, 0.25) is 24.7 Å². The Morgan fingerprint density at radius 3 is 2.34 bits per heavy atom. The fraction of sp³-hybridized carbons (Fsp3) is 0.556. The van der Waals surface area contributed by atoms with Crippen molar-refractivity contribution in [2.24, 2.45) is 0 Å². The van der Waals surface area contributed by atoms with Gasteiger partial charge in [0, 0.05) is 10.6 Å². The molecule has 11 heteroatoms. The Morgan fingerprint density at radius 2 is 1.82 bits per heavy atom. The van der Waals surface area contributed by atoms with Crippen LogP contribution >= 0.6 is 0 Å². The SMILES string of the molecule is CCOC(=O)n1nc2c(c1NC(=O)C1([Si](C)(C)C)CCC1)CN(C(=O)N[C@H](CO)c1ccccc1)C2(C)C. The number of aliphatic hydroxyl groups excluding tert-OH is 1. The number of amides is 3. The minimum atomic E-state index is -1.88. The van der Waals surface area contributed by atoms with E-state index in [-0.39, 0.29) is 37.5 Å². The summed E-state index contributed by atoms with van der Waals surface area (Å²) < 4.78 is 6.36. The molecule has 0 radical (unpaired) electrons. The third-order valence-electron chi connectivity index (χ3n) is 8.23. The maximum atomic E-state index is 13.7. The molecule has 3 amide bonds. The van der Waals surface area contributed by atoms with Gasteiger partial charge in [0.1, 0.15) is 5.82 Å². The van der Waals surface area contributed by atoms with Crippen LogP contribution in [0.4, 0.5) is 15.4 Å². The Balaban J connectivity index is 1.66. The minimum Gasteiger partial charge on any atom is -0.448 e. The maximum absolute atomic E-state index is 13.7. The van der Waals surface area contributed by atoms with Gasteiger partial charge in [-0.15, -0.1) is 4.68 Å². The number of fused-ring (bicyclic) bond motifs is 1. The van der Waals surface area contributed by atoms with Gasteiger partial charge in [0.25, 0.3) is 0 Å². The van der Waals surface area contributed by atoms with Crippen LogP contribution in [-0.2, 0) is 21.6 Å². The van der Waals surface area contributed by atoms with Crippen LogP contribution in [0, 0.1) is 0 Å². The van der Waals surface area contributed by atoms with Crippen LogP contribution in [0.5, 0.6) is 0 Å². The van der Waals surface area contributed by atoms with Gasteiger partial charge in [-0.2, -0.15) is 5.10 Å². The average Bonchev–Trinajstić information content (AvgIpc) is 3.30. The highest BCUT2D eigenvalue weighted by atomic mass is 28.3. The van der Waals surface area contributed by atoms with Gasteiger partial charge in [0.05, 0.1) is 45.1 Å². The number of hydrogen-bond acceptors (Lipinski definition) is 6. The van der Waals surface area contributed by atoms with Gasteiger partial charge in [-0.3, -0.25) is 4.79 Å². The summed E-state index contributed by atoms with van der Waals surface area (Å²) in [6.07, 6.45) is 1.98. The van der Waals surface area contributed by atoms with Crippen molar-refractivity contribution in [2.45, 2.75) is 82.8 Å². The molecule has 2 heterocycles. The van der Waals surface area contributed by atoms with E-state index in [0.717, 1.165) is 29.5 Å². The number of anilines is 1. The van der Waals surface area contributed by atoms with Gasteiger partial charge in [-0.25, -0.2) is 9.59 Å². The maximum Gasteiger partial charge on any atom is 0.436 e. The summed E-state index contributed by atoms with van der Waals surface area (Å²) >= 11 is 0. The summed E-state index contributed by atoms with van der Waals surface area (Å²) in [7, 11) is -1.88. The average molecular weight is 542 g/mol. The molecule has 1 aromatic carbocycles. The minimum absolute atomic E-state index is 0.0960. The number of aromatic nitrogens is 2. The number of rotatable bonds is 7. The Bertz CT molecular complexity index is 1220. The fourth-order valence-electron chi connectivity index (χ4n) is 5.57. The quantitative estimate of drug-likeness (QED) is 0.441. The third kappa shape index (κ3) is 4.62. The Labute approximate surface area is 224 Å². The standard InChI is InChI=1S/C27H39N5O5Si/c1-7-37-25(36)32-22(29-23(34)27(14-11-15-27)38(4,5)6)19-16-31(26(2,3)21(19)30-32)24(35)28-20(17-33)18-12-9-8-10-13-18/h8-10,12-13,20,33H,7,11,14-17H2,1-6H3,(H,28,35)(H,29,34)/t20-/m1/s1. The number of ether oxygens (including phenoxy) is 1. The highest BCUT2D eigenvalue weighted by molar-refractivity contribution is 6.83. The van der Waals surface area contributed by atoms with Crippen molar-refractivity contribution in [3.63, 3.8) is 0 Å². The Morgan fingerprint density at radius 1 is 1.16 bits per heavy atom. The number of nitrogens with zero attached hydrogens (tertiary/aromatic N) is 3. The van der Waals surface area contributed by atoms with Gasteiger partial charge in [0.2, 0.25) is 5.91 Å². The smallest absolute Gasteiger partial charge is 0.436 e. The molecule has 0 unspecified atom stereocenters. The van der Waals surface area contributed by atoms with Gasteiger partial charge < -0.3 is 25.4 Å². The van der Waals surface area contributed by atoms with Crippen LogP contribution in [0.15, 0.2) is 30.3 Å². The molecule has 3 N–H and O–H groups in total. The lowest BCUT2D eigenvalue weighted by Gasteiger charge is -2.48. The lowest BCUT2D eigenvalue weighted by Crippen LogP contribution is -2.52. The highest BCUT2D eigenvalue weighted by Crippen LogP contribution is 2.56. The summed E-state index contributed by atoms with van der Waals surface area (Å²) in [5.74, 6) is 0.166. The molecule has 10 nitrogen and oxygen atoms in total. The first kappa shape index (κ1) is 27.8. The van der Waals surface area contributed by atoms with E-state index in [1.54, 1.807) is 11.8 Å². The lowest BCUT2D eigenvalue weighted by molar-refractivity contribution is -0.121. The van der Waals surface area contributed by atoms with E-state index in [9.17, 15) is 19.5 Å². The van der Waals surface area contributed by atoms with Crippen LogP contribution in [0.1, 0.15) is 62.9 Å².